The van der Waals surface area contributed by atoms with E-state index in [1.807, 2.05) is 43.3 Å². The number of ketones is 1. The molecule has 1 heterocycles. The first-order valence-corrected chi connectivity index (χ1v) is 7.02. The summed E-state index contributed by atoms with van der Waals surface area (Å²) < 4.78 is 0. The largest absolute Gasteiger partial charge is 0.287 e. The Kier molecular flexibility index (Phi) is 4.03. The number of benzene rings is 1. The van der Waals surface area contributed by atoms with Crippen LogP contribution in [0.25, 0.3) is 0 Å². The minimum atomic E-state index is 0.00269. The van der Waals surface area contributed by atoms with Crippen LogP contribution < -0.4 is 0 Å². The van der Waals surface area contributed by atoms with Gasteiger partial charge in [-0.05, 0) is 29.0 Å². The summed E-state index contributed by atoms with van der Waals surface area (Å²) in [5, 5.41) is 0. The van der Waals surface area contributed by atoms with Crippen LogP contribution >= 0.6 is 0 Å². The average molecular weight is 267 g/mol. The number of carbonyl (C=O) groups excluding carboxylic acids is 1. The van der Waals surface area contributed by atoms with Crippen LogP contribution in [0.5, 0.6) is 0 Å². The molecule has 0 atom stereocenters. The number of aryl methyl sites for hydroxylation is 1. The normalized spacial score (nSPS) is 11.4. The van der Waals surface area contributed by atoms with Crippen molar-refractivity contribution in [2.75, 3.05) is 0 Å². The first kappa shape index (κ1) is 14.4. The second-order valence-electron chi connectivity index (χ2n) is 6.02. The molecule has 2 nitrogen and oxygen atoms in total. The Morgan fingerprint density at radius 1 is 1.10 bits per heavy atom. The van der Waals surface area contributed by atoms with E-state index in [0.29, 0.717) is 11.3 Å². The molecule has 0 radical (unpaired) electrons. The lowest BCUT2D eigenvalue weighted by Crippen LogP contribution is -2.12. The zero-order chi connectivity index (χ0) is 14.8. The van der Waals surface area contributed by atoms with Crippen molar-refractivity contribution < 1.29 is 4.79 Å². The predicted octanol–water partition coefficient (Wildman–Crippen LogP) is 4.17. The summed E-state index contributed by atoms with van der Waals surface area (Å²) in [6.45, 7) is 8.53. The van der Waals surface area contributed by atoms with E-state index >= 15 is 0 Å². The molecule has 0 aliphatic heterocycles. The molecule has 2 aromatic rings. The molecule has 0 saturated heterocycles. The minimum absolute atomic E-state index is 0.00269. The van der Waals surface area contributed by atoms with E-state index in [9.17, 15) is 4.79 Å². The van der Waals surface area contributed by atoms with Gasteiger partial charge in [-0.1, -0.05) is 58.0 Å². The Morgan fingerprint density at radius 2 is 1.75 bits per heavy atom. The smallest absolute Gasteiger partial charge is 0.211 e. The summed E-state index contributed by atoms with van der Waals surface area (Å²) in [6.07, 6.45) is 2.49. The lowest BCUT2D eigenvalue weighted by atomic mass is 9.86. The second kappa shape index (κ2) is 5.58. The van der Waals surface area contributed by atoms with Gasteiger partial charge in [-0.25, -0.2) is 0 Å². The molecule has 0 saturated carbocycles. The van der Waals surface area contributed by atoms with E-state index in [4.69, 9.17) is 0 Å². The molecule has 0 bridgehead atoms. The van der Waals surface area contributed by atoms with E-state index < -0.39 is 0 Å². The average Bonchev–Trinajstić information content (AvgIpc) is 2.45. The van der Waals surface area contributed by atoms with Crippen LogP contribution in [-0.2, 0) is 11.8 Å². The first-order chi connectivity index (χ1) is 9.43. The van der Waals surface area contributed by atoms with Crippen LogP contribution in [0.4, 0.5) is 0 Å². The molecular formula is C18H21NO. The van der Waals surface area contributed by atoms with Crippen molar-refractivity contribution in [3.63, 3.8) is 0 Å². The Bertz CT molecular complexity index is 606. The van der Waals surface area contributed by atoms with Crippen molar-refractivity contribution in [1.29, 1.82) is 0 Å². The van der Waals surface area contributed by atoms with Crippen molar-refractivity contribution in [3.8, 4) is 0 Å². The van der Waals surface area contributed by atoms with Gasteiger partial charge in [0.05, 0.1) is 0 Å². The molecule has 0 amide bonds. The van der Waals surface area contributed by atoms with Crippen LogP contribution in [0.1, 0.15) is 54.9 Å². The molecule has 2 heteroatoms. The number of hydrogen-bond donors (Lipinski definition) is 0. The van der Waals surface area contributed by atoms with Gasteiger partial charge in [-0.2, -0.15) is 0 Å². The SMILES string of the molecule is CCc1cccnc1C(=O)c1ccc(C(C)(C)C)cc1. The molecular weight excluding hydrogens is 246 g/mol. The van der Waals surface area contributed by atoms with Gasteiger partial charge in [-0.15, -0.1) is 0 Å². The van der Waals surface area contributed by atoms with E-state index in [2.05, 4.69) is 25.8 Å². The molecule has 0 aliphatic rings. The van der Waals surface area contributed by atoms with Crippen LogP contribution in [-0.4, -0.2) is 10.8 Å². The summed E-state index contributed by atoms with van der Waals surface area (Å²) >= 11 is 0. The third kappa shape index (κ3) is 2.96. The summed E-state index contributed by atoms with van der Waals surface area (Å²) in [5.41, 5.74) is 3.59. The van der Waals surface area contributed by atoms with Gasteiger partial charge in [-0.3, -0.25) is 9.78 Å². The molecule has 0 N–H and O–H groups in total. The molecule has 1 aromatic heterocycles. The quantitative estimate of drug-likeness (QED) is 0.781. The molecule has 0 fully saturated rings. The van der Waals surface area contributed by atoms with Gasteiger partial charge >= 0.3 is 0 Å². The number of nitrogens with zero attached hydrogens (tertiary/aromatic N) is 1. The lowest BCUT2D eigenvalue weighted by molar-refractivity contribution is 0.103. The van der Waals surface area contributed by atoms with E-state index in [1.54, 1.807) is 6.20 Å². The highest BCUT2D eigenvalue weighted by molar-refractivity contribution is 6.08. The Hall–Kier alpha value is -1.96. The summed E-state index contributed by atoms with van der Waals surface area (Å²) in [7, 11) is 0. The standard InChI is InChI=1S/C18H21NO/c1-5-13-7-6-12-19-16(13)17(20)14-8-10-15(11-9-14)18(2,3)4/h6-12H,5H2,1-4H3. The van der Waals surface area contributed by atoms with Gasteiger partial charge < -0.3 is 0 Å². The van der Waals surface area contributed by atoms with Crippen molar-refractivity contribution in [2.45, 2.75) is 39.5 Å². The second-order valence-corrected chi connectivity index (χ2v) is 6.02. The third-order valence-corrected chi connectivity index (χ3v) is 3.50. The fraction of sp³-hybridized carbons (Fsp3) is 0.333. The summed E-state index contributed by atoms with van der Waals surface area (Å²) in [6, 6.07) is 11.7. The lowest BCUT2D eigenvalue weighted by Gasteiger charge is -2.19. The van der Waals surface area contributed by atoms with Gasteiger partial charge in [0, 0.05) is 11.8 Å². The maximum absolute atomic E-state index is 12.5. The van der Waals surface area contributed by atoms with Crippen molar-refractivity contribution in [1.82, 2.24) is 4.98 Å². The van der Waals surface area contributed by atoms with Crippen LogP contribution in [0.3, 0.4) is 0 Å². The number of rotatable bonds is 3. The summed E-state index contributed by atoms with van der Waals surface area (Å²) in [5.74, 6) is 0.00269. The highest BCUT2D eigenvalue weighted by Gasteiger charge is 2.17. The molecule has 0 unspecified atom stereocenters. The molecule has 0 aliphatic carbocycles. The van der Waals surface area contributed by atoms with Crippen molar-refractivity contribution >= 4 is 5.78 Å². The highest BCUT2D eigenvalue weighted by atomic mass is 16.1. The number of hydrogen-bond acceptors (Lipinski definition) is 2. The topological polar surface area (TPSA) is 30.0 Å². The maximum Gasteiger partial charge on any atom is 0.211 e. The van der Waals surface area contributed by atoms with E-state index in [1.165, 1.54) is 5.56 Å². The molecule has 1 aromatic carbocycles. The monoisotopic (exact) mass is 267 g/mol. The predicted molar refractivity (Wildman–Crippen MR) is 82.2 cm³/mol. The Labute approximate surface area is 120 Å². The van der Waals surface area contributed by atoms with Crippen LogP contribution in [0, 0.1) is 0 Å². The minimum Gasteiger partial charge on any atom is -0.287 e. The number of carbonyl (C=O) groups is 1. The van der Waals surface area contributed by atoms with Gasteiger partial charge in [0.2, 0.25) is 5.78 Å². The zero-order valence-corrected chi connectivity index (χ0v) is 12.6. The fourth-order valence-electron chi connectivity index (χ4n) is 2.19. The van der Waals surface area contributed by atoms with E-state index in [-0.39, 0.29) is 11.2 Å². The Balaban J connectivity index is 2.34. The van der Waals surface area contributed by atoms with Gasteiger partial charge in [0.1, 0.15) is 5.69 Å². The van der Waals surface area contributed by atoms with Crippen LogP contribution in [0.15, 0.2) is 42.6 Å². The number of aromatic nitrogens is 1. The number of pyridine rings is 1. The first-order valence-electron chi connectivity index (χ1n) is 7.02. The molecule has 0 spiro atoms. The van der Waals surface area contributed by atoms with Crippen molar-refractivity contribution in [3.05, 3.63) is 65.0 Å². The van der Waals surface area contributed by atoms with Gasteiger partial charge in [0.25, 0.3) is 0 Å². The van der Waals surface area contributed by atoms with E-state index in [0.717, 1.165) is 12.0 Å². The molecule has 104 valence electrons. The maximum atomic E-state index is 12.5. The highest BCUT2D eigenvalue weighted by Crippen LogP contribution is 2.23. The molecule has 20 heavy (non-hydrogen) atoms. The van der Waals surface area contributed by atoms with Crippen molar-refractivity contribution in [2.24, 2.45) is 0 Å². The summed E-state index contributed by atoms with van der Waals surface area (Å²) in [4.78, 5) is 16.8. The van der Waals surface area contributed by atoms with Gasteiger partial charge in [0.15, 0.2) is 0 Å². The van der Waals surface area contributed by atoms with Crippen LogP contribution in [0.2, 0.25) is 0 Å². The Morgan fingerprint density at radius 3 is 2.30 bits per heavy atom. The third-order valence-electron chi connectivity index (χ3n) is 3.50. The fourth-order valence-corrected chi connectivity index (χ4v) is 2.19. The zero-order valence-electron chi connectivity index (χ0n) is 12.6. The molecule has 2 rings (SSSR count).